The molecule has 0 saturated carbocycles. The standard InChI is InChI=1S/C22H33N3O5/c1-7-25(18(16(3)26)13-17-11-9-8-10-12-17)19(27)14-23-20(28)15(2)24-21(29)30-22(4,5)6/h8-12,15,18H,7,13-14H2,1-6H3,(H,23,28)(H,24,29)/t15-,18?/m1/s1. The van der Waals surface area contributed by atoms with Crippen molar-refractivity contribution in [2.45, 2.75) is 65.6 Å². The molecule has 0 bridgehead atoms. The summed E-state index contributed by atoms with van der Waals surface area (Å²) in [5.41, 5.74) is 0.265. The van der Waals surface area contributed by atoms with Crippen molar-refractivity contribution in [1.82, 2.24) is 15.5 Å². The Bertz CT molecular complexity index is 743. The minimum absolute atomic E-state index is 0.125. The van der Waals surface area contributed by atoms with Gasteiger partial charge < -0.3 is 20.3 Å². The first kappa shape index (κ1) is 25.1. The Balaban J connectivity index is 2.67. The van der Waals surface area contributed by atoms with Crippen LogP contribution in [0.15, 0.2) is 30.3 Å². The molecule has 0 fully saturated rings. The molecular weight excluding hydrogens is 386 g/mol. The SMILES string of the molecule is CCN(C(=O)CNC(=O)[C@@H](C)NC(=O)OC(C)(C)C)C(Cc1ccccc1)C(C)=O. The van der Waals surface area contributed by atoms with Crippen LogP contribution >= 0.6 is 0 Å². The average Bonchev–Trinajstić information content (AvgIpc) is 2.64. The van der Waals surface area contributed by atoms with Crippen molar-refractivity contribution < 1.29 is 23.9 Å². The number of carbonyl (C=O) groups is 4. The molecule has 1 rings (SSSR count). The second kappa shape index (κ2) is 11.3. The predicted molar refractivity (Wildman–Crippen MR) is 114 cm³/mol. The van der Waals surface area contributed by atoms with Crippen molar-refractivity contribution >= 4 is 23.7 Å². The summed E-state index contributed by atoms with van der Waals surface area (Å²) in [6, 6.07) is 7.96. The molecule has 0 heterocycles. The number of carbonyl (C=O) groups excluding carboxylic acids is 4. The number of nitrogens with one attached hydrogen (secondary N) is 2. The quantitative estimate of drug-likeness (QED) is 0.638. The van der Waals surface area contributed by atoms with Crippen LogP contribution < -0.4 is 10.6 Å². The summed E-state index contributed by atoms with van der Waals surface area (Å²) >= 11 is 0. The molecule has 0 aromatic heterocycles. The highest BCUT2D eigenvalue weighted by Gasteiger charge is 2.27. The third kappa shape index (κ3) is 8.63. The summed E-state index contributed by atoms with van der Waals surface area (Å²) < 4.78 is 5.11. The molecule has 0 aliphatic carbocycles. The number of nitrogens with zero attached hydrogens (tertiary/aromatic N) is 1. The third-order valence-electron chi connectivity index (χ3n) is 4.32. The second-order valence-electron chi connectivity index (χ2n) is 8.08. The minimum atomic E-state index is -0.879. The van der Waals surface area contributed by atoms with Gasteiger partial charge in [-0.3, -0.25) is 14.4 Å². The molecule has 1 unspecified atom stereocenters. The van der Waals surface area contributed by atoms with E-state index in [4.69, 9.17) is 4.74 Å². The summed E-state index contributed by atoms with van der Waals surface area (Å²) in [5.74, 6) is -1.01. The number of amides is 3. The number of hydrogen-bond donors (Lipinski definition) is 2. The van der Waals surface area contributed by atoms with Crippen molar-refractivity contribution in [3.05, 3.63) is 35.9 Å². The number of ketones is 1. The summed E-state index contributed by atoms with van der Waals surface area (Å²) in [5, 5.41) is 4.94. The Morgan fingerprint density at radius 1 is 1.10 bits per heavy atom. The van der Waals surface area contributed by atoms with Crippen molar-refractivity contribution in [2.75, 3.05) is 13.1 Å². The fraction of sp³-hybridized carbons (Fsp3) is 0.545. The van der Waals surface area contributed by atoms with E-state index in [1.54, 1.807) is 27.7 Å². The molecule has 30 heavy (non-hydrogen) atoms. The fourth-order valence-corrected chi connectivity index (χ4v) is 2.85. The van der Waals surface area contributed by atoms with Crippen LogP contribution in [0.5, 0.6) is 0 Å². The zero-order chi connectivity index (χ0) is 22.9. The molecule has 1 aromatic rings. The molecule has 0 aliphatic heterocycles. The van der Waals surface area contributed by atoms with E-state index in [1.165, 1.54) is 18.7 Å². The molecule has 8 heteroatoms. The van der Waals surface area contributed by atoms with Crippen LogP contribution in [0, 0.1) is 0 Å². The van der Waals surface area contributed by atoms with Gasteiger partial charge in [-0.25, -0.2) is 4.79 Å². The van der Waals surface area contributed by atoms with Crippen LogP contribution in [0.25, 0.3) is 0 Å². The lowest BCUT2D eigenvalue weighted by molar-refractivity contribution is -0.139. The maximum absolute atomic E-state index is 12.7. The first-order chi connectivity index (χ1) is 13.9. The summed E-state index contributed by atoms with van der Waals surface area (Å²) in [6.45, 7) is 9.95. The van der Waals surface area contributed by atoms with Crippen molar-refractivity contribution in [3.8, 4) is 0 Å². The average molecular weight is 420 g/mol. The number of ether oxygens (including phenoxy) is 1. The van der Waals surface area contributed by atoms with E-state index in [9.17, 15) is 19.2 Å². The number of alkyl carbamates (subject to hydrolysis) is 1. The topological polar surface area (TPSA) is 105 Å². The summed E-state index contributed by atoms with van der Waals surface area (Å²) in [4.78, 5) is 50.4. The largest absolute Gasteiger partial charge is 0.444 e. The Kier molecular flexibility index (Phi) is 9.49. The highest BCUT2D eigenvalue weighted by Crippen LogP contribution is 2.11. The van der Waals surface area contributed by atoms with E-state index >= 15 is 0 Å². The molecule has 0 radical (unpaired) electrons. The van der Waals surface area contributed by atoms with Gasteiger partial charge in [-0.05, 0) is 53.5 Å². The molecule has 166 valence electrons. The Morgan fingerprint density at radius 3 is 2.20 bits per heavy atom. The van der Waals surface area contributed by atoms with Crippen molar-refractivity contribution in [3.63, 3.8) is 0 Å². The highest BCUT2D eigenvalue weighted by atomic mass is 16.6. The normalized spacial score (nSPS) is 13.0. The number of benzene rings is 1. The van der Waals surface area contributed by atoms with Gasteiger partial charge in [0.25, 0.3) is 0 Å². The highest BCUT2D eigenvalue weighted by molar-refractivity contribution is 5.92. The molecule has 2 N–H and O–H groups in total. The molecule has 0 aliphatic rings. The number of likely N-dealkylation sites (N-methyl/N-ethyl adjacent to an activating group) is 1. The monoisotopic (exact) mass is 419 g/mol. The van der Waals surface area contributed by atoms with Gasteiger partial charge in [-0.2, -0.15) is 0 Å². The van der Waals surface area contributed by atoms with Crippen LogP contribution in [0.3, 0.4) is 0 Å². The van der Waals surface area contributed by atoms with Crippen LogP contribution in [0.1, 0.15) is 47.1 Å². The maximum atomic E-state index is 12.7. The summed E-state index contributed by atoms with van der Waals surface area (Å²) in [6.07, 6.45) is -0.313. The molecular formula is C22H33N3O5. The third-order valence-corrected chi connectivity index (χ3v) is 4.32. The predicted octanol–water partition coefficient (Wildman–Crippen LogP) is 2.06. The molecule has 0 spiro atoms. The molecule has 1 aromatic carbocycles. The molecule has 2 atom stereocenters. The van der Waals surface area contributed by atoms with E-state index in [2.05, 4.69) is 10.6 Å². The molecule has 8 nitrogen and oxygen atoms in total. The maximum Gasteiger partial charge on any atom is 0.408 e. The van der Waals surface area contributed by atoms with Gasteiger partial charge in [-0.1, -0.05) is 30.3 Å². The van der Waals surface area contributed by atoms with Crippen LogP contribution in [-0.2, 0) is 25.5 Å². The minimum Gasteiger partial charge on any atom is -0.444 e. The Morgan fingerprint density at radius 2 is 1.70 bits per heavy atom. The van der Waals surface area contributed by atoms with Crippen molar-refractivity contribution in [1.29, 1.82) is 0 Å². The van der Waals surface area contributed by atoms with E-state index in [-0.39, 0.29) is 18.2 Å². The van der Waals surface area contributed by atoms with Gasteiger partial charge >= 0.3 is 6.09 Å². The number of hydrogen-bond acceptors (Lipinski definition) is 5. The number of Topliss-reactive ketones (excluding diaryl/α,β-unsaturated/α-hetero) is 1. The Labute approximate surface area is 178 Å². The van der Waals surface area contributed by atoms with E-state index in [0.29, 0.717) is 13.0 Å². The smallest absolute Gasteiger partial charge is 0.408 e. The zero-order valence-corrected chi connectivity index (χ0v) is 18.7. The van der Waals surface area contributed by atoms with Gasteiger partial charge in [0.2, 0.25) is 11.8 Å². The van der Waals surface area contributed by atoms with Crippen LogP contribution in [-0.4, -0.2) is 59.4 Å². The Hall–Kier alpha value is -2.90. The molecule has 3 amide bonds. The first-order valence-corrected chi connectivity index (χ1v) is 10.1. The second-order valence-corrected chi connectivity index (χ2v) is 8.08. The van der Waals surface area contributed by atoms with Gasteiger partial charge in [0.15, 0.2) is 5.78 Å². The number of rotatable bonds is 9. The van der Waals surface area contributed by atoms with E-state index < -0.39 is 29.7 Å². The lowest BCUT2D eigenvalue weighted by Gasteiger charge is -2.29. The van der Waals surface area contributed by atoms with E-state index in [1.807, 2.05) is 30.3 Å². The fourth-order valence-electron chi connectivity index (χ4n) is 2.85. The summed E-state index contributed by atoms with van der Waals surface area (Å²) in [7, 11) is 0. The molecule has 0 saturated heterocycles. The lowest BCUT2D eigenvalue weighted by atomic mass is 10.0. The van der Waals surface area contributed by atoms with Crippen LogP contribution in [0.4, 0.5) is 4.79 Å². The van der Waals surface area contributed by atoms with E-state index in [0.717, 1.165) is 5.56 Å². The van der Waals surface area contributed by atoms with Crippen LogP contribution in [0.2, 0.25) is 0 Å². The zero-order valence-electron chi connectivity index (χ0n) is 18.7. The van der Waals surface area contributed by atoms with Gasteiger partial charge in [-0.15, -0.1) is 0 Å². The first-order valence-electron chi connectivity index (χ1n) is 10.1. The van der Waals surface area contributed by atoms with Gasteiger partial charge in [0, 0.05) is 6.54 Å². The van der Waals surface area contributed by atoms with Crippen molar-refractivity contribution in [2.24, 2.45) is 0 Å². The lowest BCUT2D eigenvalue weighted by Crippen LogP contribution is -2.52. The van der Waals surface area contributed by atoms with Gasteiger partial charge in [0.05, 0.1) is 12.6 Å². The van der Waals surface area contributed by atoms with Gasteiger partial charge in [0.1, 0.15) is 11.6 Å².